The molecule has 6 heteroatoms. The Hall–Kier alpha value is 1.32. The predicted molar refractivity (Wildman–Crippen MR) is 126 cm³/mol. The lowest BCUT2D eigenvalue weighted by atomic mass is 9.89. The van der Waals surface area contributed by atoms with Gasteiger partial charge in [-0.05, 0) is 125 Å². The predicted octanol–water partition coefficient (Wildman–Crippen LogP) is 9.65. The molecule has 0 aromatic heterocycles. The minimum Gasteiger partial charge on any atom is -0.0541 e. The molecule has 2 rings (SSSR count). The SMILES string of the molecule is Cc1c(C)c(Br)c(C(C)c2c(Br)c(C)c(C)c(Br)c2Br)c(Br)c1Br. The summed E-state index contributed by atoms with van der Waals surface area (Å²) in [7, 11) is 0. The van der Waals surface area contributed by atoms with Crippen molar-refractivity contribution in [2.45, 2.75) is 40.5 Å². The molecule has 0 aliphatic carbocycles. The van der Waals surface area contributed by atoms with E-state index in [4.69, 9.17) is 0 Å². The van der Waals surface area contributed by atoms with Crippen molar-refractivity contribution in [3.05, 3.63) is 60.2 Å². The van der Waals surface area contributed by atoms with Crippen LogP contribution < -0.4 is 0 Å². The van der Waals surface area contributed by atoms with Crippen molar-refractivity contribution in [2.75, 3.05) is 0 Å². The summed E-state index contributed by atoms with van der Waals surface area (Å²) in [6, 6.07) is 0. The second-order valence-electron chi connectivity index (χ2n) is 5.93. The first-order valence-electron chi connectivity index (χ1n) is 7.29. The van der Waals surface area contributed by atoms with Gasteiger partial charge in [-0.2, -0.15) is 0 Å². The van der Waals surface area contributed by atoms with Crippen LogP contribution in [0.1, 0.15) is 46.2 Å². The van der Waals surface area contributed by atoms with Crippen LogP contribution in [0.2, 0.25) is 0 Å². The molecule has 0 nitrogen and oxygen atoms in total. The van der Waals surface area contributed by atoms with E-state index in [2.05, 4.69) is 130 Å². The zero-order chi connectivity index (χ0) is 18.5. The topological polar surface area (TPSA) is 0 Å². The largest absolute Gasteiger partial charge is 0.0541 e. The van der Waals surface area contributed by atoms with Gasteiger partial charge in [0.1, 0.15) is 0 Å². The third kappa shape index (κ3) is 3.54. The van der Waals surface area contributed by atoms with Crippen LogP contribution >= 0.6 is 95.6 Å². The number of rotatable bonds is 2. The quantitative estimate of drug-likeness (QED) is 0.273. The van der Waals surface area contributed by atoms with Crippen molar-refractivity contribution in [3.63, 3.8) is 0 Å². The van der Waals surface area contributed by atoms with Crippen LogP contribution in [0.5, 0.6) is 0 Å². The molecule has 0 bridgehead atoms. The molecule has 24 heavy (non-hydrogen) atoms. The van der Waals surface area contributed by atoms with Crippen molar-refractivity contribution < 1.29 is 0 Å². The maximum absolute atomic E-state index is 3.82. The van der Waals surface area contributed by atoms with Gasteiger partial charge in [-0.25, -0.2) is 0 Å². The molecule has 0 fully saturated rings. The fourth-order valence-electron chi connectivity index (χ4n) is 2.73. The maximum atomic E-state index is 3.82. The molecule has 2 aromatic rings. The Bertz CT molecular complexity index is 711. The molecule has 2 aromatic carbocycles. The van der Waals surface area contributed by atoms with Crippen LogP contribution in [0.4, 0.5) is 0 Å². The van der Waals surface area contributed by atoms with Gasteiger partial charge >= 0.3 is 0 Å². The Morgan fingerprint density at radius 2 is 0.708 bits per heavy atom. The number of halogens is 6. The molecule has 0 spiro atoms. The lowest BCUT2D eigenvalue weighted by Gasteiger charge is -2.25. The Morgan fingerprint density at radius 3 is 1.00 bits per heavy atom. The van der Waals surface area contributed by atoms with Crippen LogP contribution in [0.25, 0.3) is 0 Å². The van der Waals surface area contributed by atoms with Crippen LogP contribution in [0.15, 0.2) is 26.8 Å². The Labute approximate surface area is 194 Å². The van der Waals surface area contributed by atoms with E-state index in [1.54, 1.807) is 0 Å². The van der Waals surface area contributed by atoms with E-state index in [0.29, 0.717) is 0 Å². The highest BCUT2D eigenvalue weighted by Gasteiger charge is 2.26. The third-order valence-electron chi connectivity index (χ3n) is 4.64. The summed E-state index contributed by atoms with van der Waals surface area (Å²) in [6.45, 7) is 10.8. The highest BCUT2D eigenvalue weighted by molar-refractivity contribution is 9.13. The van der Waals surface area contributed by atoms with Gasteiger partial charge < -0.3 is 0 Å². The number of hydrogen-bond donors (Lipinski definition) is 0. The second kappa shape index (κ2) is 8.14. The van der Waals surface area contributed by atoms with Crippen molar-refractivity contribution in [2.24, 2.45) is 0 Å². The van der Waals surface area contributed by atoms with Crippen molar-refractivity contribution in [1.29, 1.82) is 0 Å². The molecule has 130 valence electrons. The Balaban J connectivity index is 2.84. The standard InChI is InChI=1S/C18H16Br6/c1-6-8(3)15(21)17(23)11(13(6)19)10(5)12-14(20)7(2)9(4)16(22)18(12)24/h10H,1-5H3. The normalized spacial score (nSPS) is 11.5. The zero-order valence-electron chi connectivity index (χ0n) is 13.8. The third-order valence-corrected chi connectivity index (χ3v) is 11.4. The lowest BCUT2D eigenvalue weighted by Crippen LogP contribution is -2.06. The average molecular weight is 712 g/mol. The lowest BCUT2D eigenvalue weighted by molar-refractivity contribution is 0.882. The molecule has 0 N–H and O–H groups in total. The highest BCUT2D eigenvalue weighted by atomic mass is 79.9. The maximum Gasteiger partial charge on any atom is 0.0369 e. The van der Waals surface area contributed by atoms with Crippen LogP contribution in [-0.4, -0.2) is 0 Å². The summed E-state index contributed by atoms with van der Waals surface area (Å²) >= 11 is 22.7. The fourth-order valence-corrected chi connectivity index (χ4v) is 7.64. The van der Waals surface area contributed by atoms with Gasteiger partial charge in [0.25, 0.3) is 0 Å². The van der Waals surface area contributed by atoms with Gasteiger partial charge in [-0.1, -0.05) is 38.8 Å². The van der Waals surface area contributed by atoms with Gasteiger partial charge in [0.15, 0.2) is 0 Å². The van der Waals surface area contributed by atoms with Crippen molar-refractivity contribution in [1.82, 2.24) is 0 Å². The van der Waals surface area contributed by atoms with Crippen LogP contribution in [0, 0.1) is 27.7 Å². The number of benzene rings is 2. The molecule has 0 saturated heterocycles. The fraction of sp³-hybridized carbons (Fsp3) is 0.333. The summed E-state index contributed by atoms with van der Waals surface area (Å²) in [6.07, 6.45) is 0. The molecule has 0 heterocycles. The average Bonchev–Trinajstić information content (AvgIpc) is 2.55. The zero-order valence-corrected chi connectivity index (χ0v) is 23.4. The van der Waals surface area contributed by atoms with E-state index < -0.39 is 0 Å². The highest BCUT2D eigenvalue weighted by Crippen LogP contribution is 2.49. The number of hydrogen-bond acceptors (Lipinski definition) is 0. The smallest absolute Gasteiger partial charge is 0.0369 e. The van der Waals surface area contributed by atoms with Gasteiger partial charge in [0.05, 0.1) is 0 Å². The Morgan fingerprint density at radius 1 is 0.458 bits per heavy atom. The minimum absolute atomic E-state index is 0.184. The summed E-state index contributed by atoms with van der Waals surface area (Å²) < 4.78 is 6.71. The van der Waals surface area contributed by atoms with E-state index in [-0.39, 0.29) is 5.92 Å². The summed E-state index contributed by atoms with van der Waals surface area (Å²) in [4.78, 5) is 0. The molecule has 0 radical (unpaired) electrons. The molecular weight excluding hydrogens is 696 g/mol. The van der Waals surface area contributed by atoms with Gasteiger partial charge in [0, 0.05) is 32.8 Å². The molecule has 0 aliphatic heterocycles. The van der Waals surface area contributed by atoms with Gasteiger partial charge in [0.2, 0.25) is 0 Å². The van der Waals surface area contributed by atoms with E-state index in [1.807, 2.05) is 0 Å². The van der Waals surface area contributed by atoms with E-state index in [1.165, 1.54) is 33.4 Å². The molecule has 0 aliphatic rings. The minimum atomic E-state index is 0.184. The van der Waals surface area contributed by atoms with Crippen LogP contribution in [-0.2, 0) is 0 Å². The van der Waals surface area contributed by atoms with Gasteiger partial charge in [-0.3, -0.25) is 0 Å². The van der Waals surface area contributed by atoms with E-state index >= 15 is 0 Å². The molecular formula is C18H16Br6. The monoisotopic (exact) mass is 706 g/mol. The summed E-state index contributed by atoms with van der Waals surface area (Å²) in [5.74, 6) is 0.184. The first kappa shape index (κ1) is 21.6. The summed E-state index contributed by atoms with van der Waals surface area (Å²) in [5, 5.41) is 0. The first-order valence-corrected chi connectivity index (χ1v) is 12.0. The molecule has 0 unspecified atom stereocenters. The van der Waals surface area contributed by atoms with Crippen molar-refractivity contribution in [3.8, 4) is 0 Å². The van der Waals surface area contributed by atoms with Crippen molar-refractivity contribution >= 4 is 95.6 Å². The van der Waals surface area contributed by atoms with Gasteiger partial charge in [-0.15, -0.1) is 0 Å². The Kier molecular flexibility index (Phi) is 7.33. The van der Waals surface area contributed by atoms with E-state index in [0.717, 1.165) is 26.8 Å². The van der Waals surface area contributed by atoms with E-state index in [9.17, 15) is 0 Å². The molecule has 0 atom stereocenters. The first-order chi connectivity index (χ1) is 11.0. The van der Waals surface area contributed by atoms with Crippen LogP contribution in [0.3, 0.4) is 0 Å². The second-order valence-corrected chi connectivity index (χ2v) is 10.7. The summed E-state index contributed by atoms with van der Waals surface area (Å²) in [5.41, 5.74) is 7.46. The molecule has 0 amide bonds. The molecule has 0 saturated carbocycles.